The summed E-state index contributed by atoms with van der Waals surface area (Å²) in [7, 11) is 0. The number of hydrogen-bond acceptors (Lipinski definition) is 5. The third-order valence-corrected chi connectivity index (χ3v) is 3.56. The van der Waals surface area contributed by atoms with Gasteiger partial charge >= 0.3 is 0 Å². The maximum Gasteiger partial charge on any atom is 0.240 e. The summed E-state index contributed by atoms with van der Waals surface area (Å²) in [4.78, 5) is 22.0. The molecule has 1 aliphatic rings. The maximum atomic E-state index is 11.6. The second-order valence-electron chi connectivity index (χ2n) is 4.92. The van der Waals surface area contributed by atoms with Crippen LogP contribution in [-0.2, 0) is 11.2 Å². The van der Waals surface area contributed by atoms with Crippen molar-refractivity contribution in [3.8, 4) is 0 Å². The summed E-state index contributed by atoms with van der Waals surface area (Å²) in [5, 5.41) is 0. The number of piperidine rings is 1. The van der Waals surface area contributed by atoms with Gasteiger partial charge in [-0.15, -0.1) is 0 Å². The molecule has 2 rings (SSSR count). The number of rotatable bonds is 4. The molecule has 1 aromatic rings. The first-order chi connectivity index (χ1) is 9.15. The van der Waals surface area contributed by atoms with Crippen LogP contribution in [0.4, 0.5) is 11.6 Å². The lowest BCUT2D eigenvalue weighted by molar-refractivity contribution is -0.119. The Labute approximate surface area is 113 Å². The van der Waals surface area contributed by atoms with Gasteiger partial charge in [-0.3, -0.25) is 4.79 Å². The Kier molecular flexibility index (Phi) is 4.19. The van der Waals surface area contributed by atoms with Gasteiger partial charge in [0.25, 0.3) is 0 Å². The minimum atomic E-state index is -0.292. The number of nitrogens with zero attached hydrogens (tertiary/aromatic N) is 3. The highest BCUT2D eigenvalue weighted by atomic mass is 16.1. The lowest BCUT2D eigenvalue weighted by atomic mass is 10.0. The molecule has 4 N–H and O–H groups in total. The summed E-state index contributed by atoms with van der Waals surface area (Å²) in [5.74, 6) is 0.984. The molecule has 6 nitrogen and oxygen atoms in total. The van der Waals surface area contributed by atoms with Crippen LogP contribution in [0.3, 0.4) is 0 Å². The molecule has 1 aromatic heterocycles. The third kappa shape index (κ3) is 2.77. The van der Waals surface area contributed by atoms with Crippen LogP contribution < -0.4 is 16.4 Å². The van der Waals surface area contributed by atoms with Crippen LogP contribution in [0.2, 0.25) is 0 Å². The van der Waals surface area contributed by atoms with E-state index in [-0.39, 0.29) is 11.9 Å². The molecular formula is C13H21N5O. The van der Waals surface area contributed by atoms with E-state index in [9.17, 15) is 4.79 Å². The lowest BCUT2D eigenvalue weighted by Crippen LogP contribution is -2.48. The second-order valence-corrected chi connectivity index (χ2v) is 4.92. The van der Waals surface area contributed by atoms with Crippen molar-refractivity contribution in [1.82, 2.24) is 9.97 Å². The molecule has 0 radical (unpaired) electrons. The van der Waals surface area contributed by atoms with Crippen molar-refractivity contribution in [1.29, 1.82) is 0 Å². The van der Waals surface area contributed by atoms with E-state index in [0.717, 1.165) is 50.0 Å². The predicted molar refractivity (Wildman–Crippen MR) is 74.6 cm³/mol. The number of amides is 1. The zero-order chi connectivity index (χ0) is 13.8. The molecular weight excluding hydrogens is 242 g/mol. The smallest absolute Gasteiger partial charge is 0.240 e. The maximum absolute atomic E-state index is 11.6. The molecule has 0 bridgehead atoms. The van der Waals surface area contributed by atoms with Gasteiger partial charge in [0.1, 0.15) is 24.0 Å². The minimum Gasteiger partial charge on any atom is -0.383 e. The first-order valence-corrected chi connectivity index (χ1v) is 6.80. The molecule has 19 heavy (non-hydrogen) atoms. The van der Waals surface area contributed by atoms with Gasteiger partial charge in [-0.2, -0.15) is 0 Å². The number of primary amides is 1. The number of hydrogen-bond donors (Lipinski definition) is 2. The van der Waals surface area contributed by atoms with E-state index in [1.165, 1.54) is 6.33 Å². The summed E-state index contributed by atoms with van der Waals surface area (Å²) >= 11 is 0. The SMILES string of the molecule is CCCc1c(N)ncnc1N1CCCCC1C(N)=O. The molecule has 1 amide bonds. The van der Waals surface area contributed by atoms with E-state index in [1.54, 1.807) is 0 Å². The molecule has 104 valence electrons. The number of aromatic nitrogens is 2. The van der Waals surface area contributed by atoms with Crippen molar-refractivity contribution in [2.75, 3.05) is 17.2 Å². The van der Waals surface area contributed by atoms with Crippen LogP contribution in [0.5, 0.6) is 0 Å². The van der Waals surface area contributed by atoms with Crippen LogP contribution in [0.15, 0.2) is 6.33 Å². The highest BCUT2D eigenvalue weighted by Crippen LogP contribution is 2.28. The average molecular weight is 263 g/mol. The van der Waals surface area contributed by atoms with Crippen LogP contribution in [0.1, 0.15) is 38.2 Å². The largest absolute Gasteiger partial charge is 0.383 e. The monoisotopic (exact) mass is 263 g/mol. The molecule has 0 saturated carbocycles. The van der Waals surface area contributed by atoms with E-state index < -0.39 is 0 Å². The fourth-order valence-corrected chi connectivity index (χ4v) is 2.63. The van der Waals surface area contributed by atoms with Gasteiger partial charge in [-0.25, -0.2) is 9.97 Å². The topological polar surface area (TPSA) is 98.1 Å². The third-order valence-electron chi connectivity index (χ3n) is 3.56. The Morgan fingerprint density at radius 1 is 1.47 bits per heavy atom. The van der Waals surface area contributed by atoms with E-state index in [2.05, 4.69) is 16.9 Å². The highest BCUT2D eigenvalue weighted by molar-refractivity contribution is 5.84. The van der Waals surface area contributed by atoms with Crippen LogP contribution in [0.25, 0.3) is 0 Å². The first kappa shape index (κ1) is 13.6. The van der Waals surface area contributed by atoms with Crippen molar-refractivity contribution in [2.24, 2.45) is 5.73 Å². The van der Waals surface area contributed by atoms with Crippen LogP contribution in [0, 0.1) is 0 Å². The Morgan fingerprint density at radius 3 is 2.95 bits per heavy atom. The Balaban J connectivity index is 2.38. The molecule has 1 fully saturated rings. The van der Waals surface area contributed by atoms with E-state index in [0.29, 0.717) is 5.82 Å². The van der Waals surface area contributed by atoms with Crippen molar-refractivity contribution < 1.29 is 4.79 Å². The van der Waals surface area contributed by atoms with Gasteiger partial charge in [-0.1, -0.05) is 13.3 Å². The number of carbonyl (C=O) groups is 1. The van der Waals surface area contributed by atoms with Crippen molar-refractivity contribution in [3.63, 3.8) is 0 Å². The quantitative estimate of drug-likeness (QED) is 0.839. The number of carbonyl (C=O) groups excluding carboxylic acids is 1. The van der Waals surface area contributed by atoms with Gasteiger partial charge in [0.2, 0.25) is 5.91 Å². The lowest BCUT2D eigenvalue weighted by Gasteiger charge is -2.35. The Bertz CT molecular complexity index is 462. The molecule has 2 heterocycles. The molecule has 0 aliphatic carbocycles. The van der Waals surface area contributed by atoms with Crippen molar-refractivity contribution in [2.45, 2.75) is 45.1 Å². The minimum absolute atomic E-state index is 0.279. The van der Waals surface area contributed by atoms with Gasteiger partial charge < -0.3 is 16.4 Å². The number of nitrogens with two attached hydrogens (primary N) is 2. The van der Waals surface area contributed by atoms with Crippen molar-refractivity contribution >= 4 is 17.5 Å². The van der Waals surface area contributed by atoms with Crippen LogP contribution in [-0.4, -0.2) is 28.5 Å². The fourth-order valence-electron chi connectivity index (χ4n) is 2.63. The van der Waals surface area contributed by atoms with Crippen LogP contribution >= 0.6 is 0 Å². The fraction of sp³-hybridized carbons (Fsp3) is 0.615. The molecule has 1 atom stereocenters. The van der Waals surface area contributed by atoms with E-state index in [1.807, 2.05) is 4.90 Å². The van der Waals surface area contributed by atoms with Gasteiger partial charge in [0.15, 0.2) is 0 Å². The molecule has 1 saturated heterocycles. The standard InChI is InChI=1S/C13H21N5O/c1-2-5-9-11(14)16-8-17-13(9)18-7-4-3-6-10(18)12(15)19/h8,10H,2-7H2,1H3,(H2,15,19)(H2,14,16,17). The highest BCUT2D eigenvalue weighted by Gasteiger charge is 2.29. The zero-order valence-corrected chi connectivity index (χ0v) is 11.3. The number of anilines is 2. The molecule has 1 unspecified atom stereocenters. The van der Waals surface area contributed by atoms with Gasteiger partial charge in [0.05, 0.1) is 0 Å². The van der Waals surface area contributed by atoms with Gasteiger partial charge in [-0.05, 0) is 25.7 Å². The van der Waals surface area contributed by atoms with E-state index >= 15 is 0 Å². The first-order valence-electron chi connectivity index (χ1n) is 6.80. The molecule has 0 spiro atoms. The summed E-state index contributed by atoms with van der Waals surface area (Å²) in [6.45, 7) is 2.87. The Hall–Kier alpha value is -1.85. The summed E-state index contributed by atoms with van der Waals surface area (Å²) in [5.41, 5.74) is 12.4. The summed E-state index contributed by atoms with van der Waals surface area (Å²) in [6, 6.07) is -0.279. The van der Waals surface area contributed by atoms with Crippen molar-refractivity contribution in [3.05, 3.63) is 11.9 Å². The average Bonchev–Trinajstić information content (AvgIpc) is 2.41. The molecule has 6 heteroatoms. The second kappa shape index (κ2) is 5.86. The van der Waals surface area contributed by atoms with Gasteiger partial charge in [0, 0.05) is 12.1 Å². The summed E-state index contributed by atoms with van der Waals surface area (Å²) < 4.78 is 0. The van der Waals surface area contributed by atoms with E-state index in [4.69, 9.17) is 11.5 Å². The zero-order valence-electron chi connectivity index (χ0n) is 11.3. The molecule has 1 aliphatic heterocycles. The number of nitrogen functional groups attached to an aromatic ring is 1. The summed E-state index contributed by atoms with van der Waals surface area (Å²) in [6.07, 6.45) is 6.07. The normalized spacial score (nSPS) is 19.4. The molecule has 0 aromatic carbocycles. The Morgan fingerprint density at radius 2 is 2.26 bits per heavy atom. The predicted octanol–water partition coefficient (Wildman–Crippen LogP) is 0.855.